The number of nitrogens with one attached hydrogen (secondary N) is 1. The number of nitrogens with zero attached hydrogens (tertiary/aromatic N) is 2. The van der Waals surface area contributed by atoms with E-state index >= 15 is 0 Å². The number of hydrogen-bond donors (Lipinski definition) is 1. The fraction of sp³-hybridized carbons (Fsp3) is 0.435. The van der Waals surface area contributed by atoms with Gasteiger partial charge < -0.3 is 9.72 Å². The average molecular weight is 380 g/mol. The van der Waals surface area contributed by atoms with Crippen molar-refractivity contribution in [3.8, 4) is 17.0 Å². The summed E-state index contributed by atoms with van der Waals surface area (Å²) in [7, 11) is 1.68. The highest BCUT2D eigenvalue weighted by atomic mass is 16.5. The van der Waals surface area contributed by atoms with E-state index in [1.54, 1.807) is 7.11 Å². The number of unbranched alkanes of at least 4 members (excludes halogenated alkanes) is 3. The van der Waals surface area contributed by atoms with Crippen LogP contribution in [0.4, 0.5) is 0 Å². The van der Waals surface area contributed by atoms with E-state index in [0.29, 0.717) is 12.2 Å². The van der Waals surface area contributed by atoms with E-state index in [1.807, 2.05) is 32.2 Å². The highest BCUT2D eigenvalue weighted by Gasteiger charge is 2.12. The lowest BCUT2D eigenvalue weighted by atomic mass is 10.1. The highest BCUT2D eigenvalue weighted by molar-refractivity contribution is 5.87. The molecule has 0 aliphatic carbocycles. The van der Waals surface area contributed by atoms with Crippen LogP contribution >= 0.6 is 0 Å². The van der Waals surface area contributed by atoms with Crippen LogP contribution in [0.5, 0.6) is 5.75 Å². The third kappa shape index (κ3) is 4.97. The van der Waals surface area contributed by atoms with Crippen LogP contribution in [0.3, 0.4) is 0 Å². The van der Waals surface area contributed by atoms with E-state index in [0.717, 1.165) is 78.0 Å². The summed E-state index contributed by atoms with van der Waals surface area (Å²) < 4.78 is 5.60. The van der Waals surface area contributed by atoms with Gasteiger partial charge in [-0.25, -0.2) is 4.98 Å². The number of aromatic nitrogens is 3. The molecule has 2 heterocycles. The third-order valence-corrected chi connectivity index (χ3v) is 5.08. The van der Waals surface area contributed by atoms with Crippen molar-refractivity contribution in [1.29, 1.82) is 0 Å². The maximum Gasteiger partial charge on any atom is 0.132 e. The molecule has 0 spiro atoms. The Labute approximate surface area is 166 Å². The molecule has 0 unspecified atom stereocenters. The average Bonchev–Trinajstić information content (AvgIpc) is 3.17. The number of ketones is 1. The minimum atomic E-state index is 0.366. The van der Waals surface area contributed by atoms with Gasteiger partial charge in [-0.1, -0.05) is 25.8 Å². The zero-order valence-electron chi connectivity index (χ0n) is 17.0. The molecule has 148 valence electrons. The van der Waals surface area contributed by atoms with Crippen molar-refractivity contribution in [2.75, 3.05) is 7.11 Å². The first-order valence-electron chi connectivity index (χ1n) is 10.1. The van der Waals surface area contributed by atoms with Crippen molar-refractivity contribution in [1.82, 2.24) is 15.0 Å². The Bertz CT molecular complexity index is 946. The fourth-order valence-electron chi connectivity index (χ4n) is 3.40. The standard InChI is InChI=1S/C23H29N3O2/c1-4-18(27)9-7-5-6-8-10-23-24-15-21(26-23)19-13-17-12-11-16(2)25-20(17)14-22(19)28-3/h11-15H,4-10H2,1-3H3,(H,24,26). The highest BCUT2D eigenvalue weighted by Crippen LogP contribution is 2.33. The molecule has 3 rings (SSSR count). The van der Waals surface area contributed by atoms with Crippen LogP contribution in [-0.4, -0.2) is 27.8 Å². The monoisotopic (exact) mass is 379 g/mol. The largest absolute Gasteiger partial charge is 0.496 e. The minimum absolute atomic E-state index is 0.366. The molecule has 28 heavy (non-hydrogen) atoms. The smallest absolute Gasteiger partial charge is 0.132 e. The number of carbonyl (C=O) groups is 1. The van der Waals surface area contributed by atoms with Gasteiger partial charge in [0.25, 0.3) is 0 Å². The molecule has 1 N–H and O–H groups in total. The zero-order valence-corrected chi connectivity index (χ0v) is 17.0. The SMILES string of the molecule is CCC(=O)CCCCCCc1ncc(-c2cc3ccc(C)nc3cc2OC)[nH]1. The van der Waals surface area contributed by atoms with Gasteiger partial charge in [-0.05, 0) is 31.9 Å². The van der Waals surface area contributed by atoms with Gasteiger partial charge in [0.15, 0.2) is 0 Å². The van der Waals surface area contributed by atoms with E-state index < -0.39 is 0 Å². The zero-order chi connectivity index (χ0) is 19.9. The predicted octanol–water partition coefficient (Wildman–Crippen LogP) is 5.41. The Morgan fingerprint density at radius 1 is 1.14 bits per heavy atom. The number of pyridine rings is 1. The van der Waals surface area contributed by atoms with Crippen LogP contribution in [0.15, 0.2) is 30.5 Å². The number of hydrogen-bond acceptors (Lipinski definition) is 4. The number of fused-ring (bicyclic) bond motifs is 1. The molecule has 0 bridgehead atoms. The normalized spacial score (nSPS) is 11.1. The molecular weight excluding hydrogens is 350 g/mol. The third-order valence-electron chi connectivity index (χ3n) is 5.08. The molecule has 0 saturated carbocycles. The Balaban J connectivity index is 1.63. The van der Waals surface area contributed by atoms with E-state index in [2.05, 4.69) is 27.1 Å². The number of Topliss-reactive ketones (excluding diaryl/α,β-unsaturated/α-hetero) is 1. The molecule has 5 heteroatoms. The molecule has 0 atom stereocenters. The molecule has 1 aromatic carbocycles. The molecule has 0 aliphatic rings. The van der Waals surface area contributed by atoms with E-state index in [1.165, 1.54) is 0 Å². The summed E-state index contributed by atoms with van der Waals surface area (Å²) in [6.07, 6.45) is 8.46. The number of aromatic amines is 1. The lowest BCUT2D eigenvalue weighted by molar-refractivity contribution is -0.118. The Morgan fingerprint density at radius 2 is 1.96 bits per heavy atom. The van der Waals surface area contributed by atoms with Gasteiger partial charge >= 0.3 is 0 Å². The number of methoxy groups -OCH3 is 1. The van der Waals surface area contributed by atoms with Crippen LogP contribution in [0.25, 0.3) is 22.2 Å². The molecule has 0 fully saturated rings. The van der Waals surface area contributed by atoms with Gasteiger partial charge in [0.05, 0.1) is 24.5 Å². The summed E-state index contributed by atoms with van der Waals surface area (Å²) in [5.74, 6) is 2.15. The maximum absolute atomic E-state index is 11.3. The fourth-order valence-corrected chi connectivity index (χ4v) is 3.40. The first kappa shape index (κ1) is 20.1. The van der Waals surface area contributed by atoms with Crippen LogP contribution in [0, 0.1) is 6.92 Å². The van der Waals surface area contributed by atoms with Gasteiger partial charge in [0, 0.05) is 42.0 Å². The summed E-state index contributed by atoms with van der Waals surface area (Å²) in [6.45, 7) is 3.92. The van der Waals surface area contributed by atoms with E-state index in [-0.39, 0.29) is 0 Å². The second-order valence-corrected chi connectivity index (χ2v) is 7.25. The van der Waals surface area contributed by atoms with E-state index in [9.17, 15) is 4.79 Å². The number of imidazole rings is 1. The summed E-state index contributed by atoms with van der Waals surface area (Å²) in [5.41, 5.74) is 3.88. The number of carbonyl (C=O) groups excluding carboxylic acids is 1. The number of rotatable bonds is 10. The Morgan fingerprint density at radius 3 is 2.75 bits per heavy atom. The van der Waals surface area contributed by atoms with Crippen molar-refractivity contribution in [3.05, 3.63) is 42.0 Å². The first-order valence-corrected chi connectivity index (χ1v) is 10.1. The van der Waals surface area contributed by atoms with Crippen molar-refractivity contribution >= 4 is 16.7 Å². The second kappa shape index (κ2) is 9.49. The first-order chi connectivity index (χ1) is 13.6. The molecule has 5 nitrogen and oxygen atoms in total. The molecule has 0 aliphatic heterocycles. The van der Waals surface area contributed by atoms with Gasteiger partial charge in [0.1, 0.15) is 17.4 Å². The van der Waals surface area contributed by atoms with Crippen LogP contribution in [0.1, 0.15) is 57.0 Å². The van der Waals surface area contributed by atoms with Crippen LogP contribution < -0.4 is 4.74 Å². The van der Waals surface area contributed by atoms with Crippen molar-refractivity contribution in [3.63, 3.8) is 0 Å². The van der Waals surface area contributed by atoms with Crippen molar-refractivity contribution in [2.24, 2.45) is 0 Å². The molecule has 2 aromatic heterocycles. The van der Waals surface area contributed by atoms with Gasteiger partial charge in [-0.15, -0.1) is 0 Å². The topological polar surface area (TPSA) is 67.9 Å². The summed E-state index contributed by atoms with van der Waals surface area (Å²) >= 11 is 0. The summed E-state index contributed by atoms with van der Waals surface area (Å²) in [6, 6.07) is 8.19. The minimum Gasteiger partial charge on any atom is -0.496 e. The lowest BCUT2D eigenvalue weighted by Crippen LogP contribution is -1.95. The van der Waals surface area contributed by atoms with Gasteiger partial charge in [-0.3, -0.25) is 9.78 Å². The summed E-state index contributed by atoms with van der Waals surface area (Å²) in [4.78, 5) is 23.9. The molecule has 3 aromatic rings. The molecule has 0 saturated heterocycles. The Kier molecular flexibility index (Phi) is 6.80. The lowest BCUT2D eigenvalue weighted by Gasteiger charge is -2.09. The number of ether oxygens (including phenoxy) is 1. The maximum atomic E-state index is 11.3. The van der Waals surface area contributed by atoms with Gasteiger partial charge in [-0.2, -0.15) is 0 Å². The predicted molar refractivity (Wildman–Crippen MR) is 113 cm³/mol. The van der Waals surface area contributed by atoms with Crippen molar-refractivity contribution < 1.29 is 9.53 Å². The van der Waals surface area contributed by atoms with Crippen molar-refractivity contribution in [2.45, 2.75) is 58.8 Å². The molecule has 0 amide bonds. The van der Waals surface area contributed by atoms with Crippen LogP contribution in [-0.2, 0) is 11.2 Å². The van der Waals surface area contributed by atoms with E-state index in [4.69, 9.17) is 4.74 Å². The number of aryl methyl sites for hydroxylation is 2. The summed E-state index contributed by atoms with van der Waals surface area (Å²) in [5, 5.41) is 1.08. The number of benzene rings is 1. The second-order valence-electron chi connectivity index (χ2n) is 7.25. The molecule has 0 radical (unpaired) electrons. The quantitative estimate of drug-likeness (QED) is 0.478. The molecular formula is C23H29N3O2. The van der Waals surface area contributed by atoms with Gasteiger partial charge in [0.2, 0.25) is 0 Å². The number of H-pyrrole nitrogens is 1. The Hall–Kier alpha value is -2.69. The van der Waals surface area contributed by atoms with Crippen LogP contribution in [0.2, 0.25) is 0 Å².